The van der Waals surface area contributed by atoms with Gasteiger partial charge in [0.15, 0.2) is 5.13 Å². The normalized spacial score (nSPS) is 27.2. The van der Waals surface area contributed by atoms with Crippen LogP contribution < -0.4 is 5.32 Å². The second-order valence-corrected chi connectivity index (χ2v) is 5.46. The molecule has 7 heteroatoms. The number of urea groups is 1. The summed E-state index contributed by atoms with van der Waals surface area (Å²) in [5.41, 5.74) is -1.15. The molecule has 0 aromatic carbocycles. The van der Waals surface area contributed by atoms with Gasteiger partial charge in [0.2, 0.25) is 0 Å². The van der Waals surface area contributed by atoms with Crippen molar-refractivity contribution in [2.75, 3.05) is 11.9 Å². The third-order valence-electron chi connectivity index (χ3n) is 3.63. The van der Waals surface area contributed by atoms with Crippen molar-refractivity contribution in [1.82, 2.24) is 9.88 Å². The van der Waals surface area contributed by atoms with Gasteiger partial charge in [-0.3, -0.25) is 5.32 Å². The molecule has 18 heavy (non-hydrogen) atoms. The van der Waals surface area contributed by atoms with E-state index in [2.05, 4.69) is 10.3 Å². The zero-order chi connectivity index (χ0) is 13.3. The predicted octanol–water partition coefficient (Wildman–Crippen LogP) is 1.86. The molecular formula is C11H15N3O3S. The summed E-state index contributed by atoms with van der Waals surface area (Å²) in [6.45, 7) is 3.89. The van der Waals surface area contributed by atoms with E-state index in [0.717, 1.165) is 0 Å². The topological polar surface area (TPSA) is 82.5 Å². The van der Waals surface area contributed by atoms with Gasteiger partial charge in [0, 0.05) is 18.1 Å². The highest BCUT2D eigenvalue weighted by molar-refractivity contribution is 7.13. The van der Waals surface area contributed by atoms with E-state index >= 15 is 0 Å². The third-order valence-corrected chi connectivity index (χ3v) is 4.32. The van der Waals surface area contributed by atoms with Crippen LogP contribution in [-0.4, -0.2) is 39.1 Å². The second-order valence-electron chi connectivity index (χ2n) is 4.56. The second kappa shape index (κ2) is 4.56. The number of amides is 2. The molecule has 1 aromatic heterocycles. The van der Waals surface area contributed by atoms with Gasteiger partial charge < -0.3 is 10.0 Å². The summed E-state index contributed by atoms with van der Waals surface area (Å²) in [5.74, 6) is -1.04. The lowest BCUT2D eigenvalue weighted by molar-refractivity contribution is -0.148. The molecule has 2 amide bonds. The average Bonchev–Trinajstić information content (AvgIpc) is 2.89. The Morgan fingerprint density at radius 2 is 2.39 bits per heavy atom. The Bertz CT molecular complexity index is 462. The summed E-state index contributed by atoms with van der Waals surface area (Å²) in [6, 6.07) is -0.404. The molecule has 0 saturated carbocycles. The molecule has 1 aliphatic heterocycles. The quantitative estimate of drug-likeness (QED) is 0.858. The van der Waals surface area contributed by atoms with Crippen molar-refractivity contribution in [3.05, 3.63) is 11.6 Å². The van der Waals surface area contributed by atoms with Crippen molar-refractivity contribution in [2.24, 2.45) is 5.92 Å². The standard InChI is InChI=1S/C11H15N3O3S/c1-7-3-5-14(11(7,2)8(15)16)10(17)13-9-12-4-6-18-9/h4,6-7H,3,5H2,1-2H3,(H,15,16)(H,12,13,17). The van der Waals surface area contributed by atoms with E-state index < -0.39 is 17.5 Å². The number of carbonyl (C=O) groups is 2. The lowest BCUT2D eigenvalue weighted by Crippen LogP contribution is -2.54. The van der Waals surface area contributed by atoms with Crippen LogP contribution in [0.1, 0.15) is 20.3 Å². The molecule has 0 radical (unpaired) electrons. The van der Waals surface area contributed by atoms with Crippen molar-refractivity contribution in [1.29, 1.82) is 0 Å². The van der Waals surface area contributed by atoms with Crippen molar-refractivity contribution in [3.63, 3.8) is 0 Å². The smallest absolute Gasteiger partial charge is 0.329 e. The number of hydrogen-bond donors (Lipinski definition) is 2. The van der Waals surface area contributed by atoms with Gasteiger partial charge in [-0.05, 0) is 19.3 Å². The fraction of sp³-hybridized carbons (Fsp3) is 0.545. The molecular weight excluding hydrogens is 254 g/mol. The largest absolute Gasteiger partial charge is 0.479 e. The number of carbonyl (C=O) groups excluding carboxylic acids is 1. The number of anilines is 1. The summed E-state index contributed by atoms with van der Waals surface area (Å²) in [5, 5.41) is 14.2. The summed E-state index contributed by atoms with van der Waals surface area (Å²) >= 11 is 1.30. The van der Waals surface area contributed by atoms with Crippen molar-refractivity contribution < 1.29 is 14.7 Å². The monoisotopic (exact) mass is 269 g/mol. The van der Waals surface area contributed by atoms with E-state index in [9.17, 15) is 14.7 Å². The minimum Gasteiger partial charge on any atom is -0.479 e. The van der Waals surface area contributed by atoms with Crippen LogP contribution in [0.4, 0.5) is 9.93 Å². The van der Waals surface area contributed by atoms with Crippen LogP contribution in [0.3, 0.4) is 0 Å². The first-order chi connectivity index (χ1) is 8.46. The minimum absolute atomic E-state index is 0.0722. The van der Waals surface area contributed by atoms with Crippen LogP contribution in [0.15, 0.2) is 11.6 Å². The fourth-order valence-corrected chi connectivity index (χ4v) is 2.70. The third kappa shape index (κ3) is 1.94. The Kier molecular flexibility index (Phi) is 3.25. The molecule has 1 aliphatic rings. The highest BCUT2D eigenvalue weighted by Crippen LogP contribution is 2.35. The first-order valence-corrected chi connectivity index (χ1v) is 6.55. The number of carboxylic acid groups (broad SMARTS) is 1. The molecule has 1 fully saturated rings. The number of aromatic nitrogens is 1. The first kappa shape index (κ1) is 12.8. The van der Waals surface area contributed by atoms with Gasteiger partial charge in [-0.1, -0.05) is 6.92 Å². The summed E-state index contributed by atoms with van der Waals surface area (Å²) in [4.78, 5) is 28.8. The summed E-state index contributed by atoms with van der Waals surface area (Å²) in [6.07, 6.45) is 2.28. The van der Waals surface area contributed by atoms with Crippen LogP contribution in [0.25, 0.3) is 0 Å². The van der Waals surface area contributed by atoms with E-state index in [1.54, 1.807) is 18.5 Å². The summed E-state index contributed by atoms with van der Waals surface area (Å²) in [7, 11) is 0. The summed E-state index contributed by atoms with van der Waals surface area (Å²) < 4.78 is 0. The lowest BCUT2D eigenvalue weighted by Gasteiger charge is -2.33. The zero-order valence-corrected chi connectivity index (χ0v) is 11.0. The Morgan fingerprint density at radius 1 is 1.67 bits per heavy atom. The van der Waals surface area contributed by atoms with Crippen LogP contribution >= 0.6 is 11.3 Å². The number of nitrogens with zero attached hydrogens (tertiary/aromatic N) is 2. The minimum atomic E-state index is -1.15. The van der Waals surface area contributed by atoms with Gasteiger partial charge >= 0.3 is 12.0 Å². The molecule has 1 aromatic rings. The molecule has 2 atom stereocenters. The molecule has 0 spiro atoms. The first-order valence-electron chi connectivity index (χ1n) is 5.67. The SMILES string of the molecule is CC1CCN(C(=O)Nc2nccs2)C1(C)C(=O)O. The van der Waals surface area contributed by atoms with Gasteiger partial charge in [0.25, 0.3) is 0 Å². The number of likely N-dealkylation sites (tertiary alicyclic amines) is 1. The molecule has 0 aliphatic carbocycles. The van der Waals surface area contributed by atoms with Crippen LogP contribution in [0, 0.1) is 5.92 Å². The predicted molar refractivity (Wildman–Crippen MR) is 67.7 cm³/mol. The Balaban J connectivity index is 2.17. The number of hydrogen-bond acceptors (Lipinski definition) is 4. The van der Waals surface area contributed by atoms with Gasteiger partial charge in [0.1, 0.15) is 5.54 Å². The maximum Gasteiger partial charge on any atom is 0.329 e. The molecule has 1 saturated heterocycles. The molecule has 98 valence electrons. The van der Waals surface area contributed by atoms with Gasteiger partial charge in [-0.25, -0.2) is 14.6 Å². The van der Waals surface area contributed by atoms with Crippen LogP contribution in [0.2, 0.25) is 0 Å². The number of thiazole rings is 1. The van der Waals surface area contributed by atoms with Crippen LogP contribution in [0.5, 0.6) is 0 Å². The van der Waals surface area contributed by atoms with Gasteiger partial charge in [-0.15, -0.1) is 11.3 Å². The number of nitrogens with one attached hydrogen (secondary N) is 1. The van der Waals surface area contributed by atoms with E-state index in [1.165, 1.54) is 16.2 Å². The number of rotatable bonds is 2. The van der Waals surface area contributed by atoms with Crippen LogP contribution in [-0.2, 0) is 4.79 Å². The van der Waals surface area contributed by atoms with Gasteiger partial charge in [-0.2, -0.15) is 0 Å². The fourth-order valence-electron chi connectivity index (χ4n) is 2.18. The maximum absolute atomic E-state index is 12.1. The lowest BCUT2D eigenvalue weighted by atomic mass is 9.88. The van der Waals surface area contributed by atoms with Crippen molar-refractivity contribution >= 4 is 28.5 Å². The van der Waals surface area contributed by atoms with E-state index in [0.29, 0.717) is 18.1 Å². The number of aliphatic carboxylic acids is 1. The van der Waals surface area contributed by atoms with Crippen molar-refractivity contribution in [3.8, 4) is 0 Å². The van der Waals surface area contributed by atoms with E-state index in [4.69, 9.17) is 0 Å². The Morgan fingerprint density at radius 3 is 2.94 bits per heavy atom. The number of carboxylic acids is 1. The highest BCUT2D eigenvalue weighted by atomic mass is 32.1. The molecule has 2 N–H and O–H groups in total. The van der Waals surface area contributed by atoms with E-state index in [-0.39, 0.29) is 5.92 Å². The van der Waals surface area contributed by atoms with Crippen molar-refractivity contribution in [2.45, 2.75) is 25.8 Å². The highest BCUT2D eigenvalue weighted by Gasteiger charge is 2.51. The Hall–Kier alpha value is -1.63. The average molecular weight is 269 g/mol. The zero-order valence-electron chi connectivity index (χ0n) is 10.2. The molecule has 2 rings (SSSR count). The molecule has 0 bridgehead atoms. The maximum atomic E-state index is 12.1. The molecule has 6 nitrogen and oxygen atoms in total. The molecule has 2 heterocycles. The molecule has 2 unspecified atom stereocenters. The Labute approximate surface area is 109 Å². The van der Waals surface area contributed by atoms with E-state index in [1.807, 2.05) is 6.92 Å². The van der Waals surface area contributed by atoms with Gasteiger partial charge in [0.05, 0.1) is 0 Å².